The van der Waals surface area contributed by atoms with Crippen molar-refractivity contribution in [2.24, 2.45) is 0 Å². The van der Waals surface area contributed by atoms with Crippen LogP contribution in [0.25, 0.3) is 22.2 Å². The van der Waals surface area contributed by atoms with E-state index in [1.54, 1.807) is 0 Å². The summed E-state index contributed by atoms with van der Waals surface area (Å²) in [6.07, 6.45) is 0. The van der Waals surface area contributed by atoms with Gasteiger partial charge < -0.3 is 5.73 Å². The molecule has 0 aliphatic carbocycles. The predicted octanol–water partition coefficient (Wildman–Crippen LogP) is 4.90. The highest BCUT2D eigenvalue weighted by Gasteiger charge is 2.10. The van der Waals surface area contributed by atoms with Crippen LogP contribution in [0.1, 0.15) is 0 Å². The molecule has 0 unspecified atom stereocenters. The van der Waals surface area contributed by atoms with Crippen LogP contribution >= 0.6 is 27.5 Å². The van der Waals surface area contributed by atoms with E-state index >= 15 is 0 Å². The summed E-state index contributed by atoms with van der Waals surface area (Å²) in [6.45, 7) is 0. The van der Waals surface area contributed by atoms with Crippen LogP contribution < -0.4 is 5.73 Å². The molecule has 0 saturated heterocycles. The van der Waals surface area contributed by atoms with Crippen molar-refractivity contribution in [2.75, 3.05) is 5.73 Å². The maximum absolute atomic E-state index is 6.22. The van der Waals surface area contributed by atoms with E-state index in [-0.39, 0.29) is 0 Å². The van der Waals surface area contributed by atoms with Gasteiger partial charge in [-0.15, -0.1) is 0 Å². The standard InChI is InChI=1S/C15H10BrClN2/c16-10-6-7-11(17)15-14(10)12(18)8-13(19-15)9-4-2-1-3-5-9/h1-8H,(H2,18,19). The number of aromatic nitrogens is 1. The molecule has 2 nitrogen and oxygen atoms in total. The lowest BCUT2D eigenvalue weighted by Gasteiger charge is -2.09. The summed E-state index contributed by atoms with van der Waals surface area (Å²) in [4.78, 5) is 4.62. The fourth-order valence-corrected chi connectivity index (χ4v) is 2.80. The molecule has 19 heavy (non-hydrogen) atoms. The Kier molecular flexibility index (Phi) is 3.17. The van der Waals surface area contributed by atoms with Gasteiger partial charge in [0.2, 0.25) is 0 Å². The lowest BCUT2D eigenvalue weighted by Crippen LogP contribution is -1.94. The first-order valence-electron chi connectivity index (χ1n) is 5.76. The molecule has 0 radical (unpaired) electrons. The number of nitrogen functional groups attached to an aromatic ring is 1. The molecule has 3 rings (SSSR count). The van der Waals surface area contributed by atoms with Gasteiger partial charge in [-0.3, -0.25) is 0 Å². The average molecular weight is 334 g/mol. The van der Waals surface area contributed by atoms with E-state index in [1.807, 2.05) is 48.5 Å². The molecular weight excluding hydrogens is 324 g/mol. The number of fused-ring (bicyclic) bond motifs is 1. The minimum absolute atomic E-state index is 0.600. The van der Waals surface area contributed by atoms with E-state index in [4.69, 9.17) is 17.3 Å². The summed E-state index contributed by atoms with van der Waals surface area (Å²) in [5, 5.41) is 1.45. The molecule has 0 amide bonds. The van der Waals surface area contributed by atoms with Crippen LogP contribution in [0.2, 0.25) is 5.02 Å². The smallest absolute Gasteiger partial charge is 0.0927 e. The second-order valence-corrected chi connectivity index (χ2v) is 5.48. The Morgan fingerprint density at radius 3 is 2.53 bits per heavy atom. The normalized spacial score (nSPS) is 10.8. The van der Waals surface area contributed by atoms with Crippen LogP contribution in [0.5, 0.6) is 0 Å². The van der Waals surface area contributed by atoms with Gasteiger partial charge in [0.1, 0.15) is 0 Å². The zero-order valence-corrected chi connectivity index (χ0v) is 12.2. The van der Waals surface area contributed by atoms with Gasteiger partial charge in [0.05, 0.1) is 16.2 Å². The molecule has 4 heteroatoms. The van der Waals surface area contributed by atoms with E-state index in [1.165, 1.54) is 0 Å². The molecule has 0 aliphatic heterocycles. The van der Waals surface area contributed by atoms with Gasteiger partial charge in [0, 0.05) is 21.1 Å². The highest BCUT2D eigenvalue weighted by molar-refractivity contribution is 9.10. The Labute approximate surface area is 124 Å². The van der Waals surface area contributed by atoms with Crippen LogP contribution in [0.15, 0.2) is 53.0 Å². The Morgan fingerprint density at radius 2 is 1.79 bits per heavy atom. The monoisotopic (exact) mass is 332 g/mol. The number of hydrogen-bond donors (Lipinski definition) is 1. The maximum Gasteiger partial charge on any atom is 0.0927 e. The van der Waals surface area contributed by atoms with Crippen LogP contribution in [0, 0.1) is 0 Å². The molecule has 1 aromatic heterocycles. The number of rotatable bonds is 1. The number of anilines is 1. The molecule has 2 aromatic carbocycles. The van der Waals surface area contributed by atoms with Gasteiger partial charge in [-0.05, 0) is 18.2 Å². The zero-order valence-electron chi connectivity index (χ0n) is 9.90. The Morgan fingerprint density at radius 1 is 1.05 bits per heavy atom. The van der Waals surface area contributed by atoms with Gasteiger partial charge in [0.15, 0.2) is 0 Å². The summed E-state index contributed by atoms with van der Waals surface area (Å²) < 4.78 is 0.900. The van der Waals surface area contributed by atoms with E-state index in [9.17, 15) is 0 Å². The van der Waals surface area contributed by atoms with Crippen LogP contribution in [-0.2, 0) is 0 Å². The van der Waals surface area contributed by atoms with Crippen molar-refractivity contribution in [3.63, 3.8) is 0 Å². The minimum Gasteiger partial charge on any atom is -0.398 e. The fraction of sp³-hybridized carbons (Fsp3) is 0. The van der Waals surface area contributed by atoms with Crippen molar-refractivity contribution in [3.05, 3.63) is 58.0 Å². The number of hydrogen-bond acceptors (Lipinski definition) is 2. The Hall–Kier alpha value is -1.58. The number of nitrogens with two attached hydrogens (primary N) is 1. The minimum atomic E-state index is 0.600. The Bertz CT molecular complexity index is 757. The van der Waals surface area contributed by atoms with Crippen LogP contribution in [0.3, 0.4) is 0 Å². The van der Waals surface area contributed by atoms with E-state index in [0.29, 0.717) is 10.7 Å². The predicted molar refractivity (Wildman–Crippen MR) is 84.3 cm³/mol. The molecule has 0 atom stereocenters. The second kappa shape index (κ2) is 4.83. The van der Waals surface area contributed by atoms with Crippen molar-refractivity contribution in [1.29, 1.82) is 0 Å². The zero-order chi connectivity index (χ0) is 13.4. The van der Waals surface area contributed by atoms with Crippen molar-refractivity contribution in [1.82, 2.24) is 4.98 Å². The van der Waals surface area contributed by atoms with Gasteiger partial charge in [0.25, 0.3) is 0 Å². The molecule has 2 N–H and O–H groups in total. The van der Waals surface area contributed by atoms with Crippen molar-refractivity contribution in [3.8, 4) is 11.3 Å². The fourth-order valence-electron chi connectivity index (χ4n) is 2.05. The molecule has 94 valence electrons. The third kappa shape index (κ3) is 2.20. The van der Waals surface area contributed by atoms with Crippen LogP contribution in [-0.4, -0.2) is 4.98 Å². The SMILES string of the molecule is Nc1cc(-c2ccccc2)nc2c(Cl)ccc(Br)c12. The van der Waals surface area contributed by atoms with E-state index in [2.05, 4.69) is 20.9 Å². The molecule has 0 aliphatic rings. The summed E-state index contributed by atoms with van der Waals surface area (Å²) in [6, 6.07) is 15.5. The number of halogens is 2. The lowest BCUT2D eigenvalue weighted by atomic mass is 10.1. The topological polar surface area (TPSA) is 38.9 Å². The van der Waals surface area contributed by atoms with Gasteiger partial charge in [-0.2, -0.15) is 0 Å². The van der Waals surface area contributed by atoms with Crippen molar-refractivity contribution in [2.45, 2.75) is 0 Å². The van der Waals surface area contributed by atoms with E-state index in [0.717, 1.165) is 26.6 Å². The third-order valence-electron chi connectivity index (χ3n) is 2.96. The molecule has 3 aromatic rings. The highest BCUT2D eigenvalue weighted by Crippen LogP contribution is 2.35. The van der Waals surface area contributed by atoms with Gasteiger partial charge in [-0.25, -0.2) is 4.98 Å². The van der Waals surface area contributed by atoms with E-state index < -0.39 is 0 Å². The first kappa shape index (κ1) is 12.5. The summed E-state index contributed by atoms with van der Waals surface area (Å²) >= 11 is 9.71. The summed E-state index contributed by atoms with van der Waals surface area (Å²) in [5.74, 6) is 0. The molecular formula is C15H10BrClN2. The van der Waals surface area contributed by atoms with Crippen molar-refractivity contribution >= 4 is 44.1 Å². The number of benzene rings is 2. The average Bonchev–Trinajstić information content (AvgIpc) is 2.43. The lowest BCUT2D eigenvalue weighted by molar-refractivity contribution is 1.40. The highest BCUT2D eigenvalue weighted by atomic mass is 79.9. The first-order chi connectivity index (χ1) is 9.16. The van der Waals surface area contributed by atoms with Gasteiger partial charge >= 0.3 is 0 Å². The second-order valence-electron chi connectivity index (χ2n) is 4.22. The molecule has 0 bridgehead atoms. The first-order valence-corrected chi connectivity index (χ1v) is 6.93. The molecule has 1 heterocycles. The number of nitrogens with zero attached hydrogens (tertiary/aromatic N) is 1. The number of pyridine rings is 1. The molecule has 0 fully saturated rings. The molecule has 0 spiro atoms. The van der Waals surface area contributed by atoms with Crippen molar-refractivity contribution < 1.29 is 0 Å². The molecule has 0 saturated carbocycles. The quantitative estimate of drug-likeness (QED) is 0.688. The largest absolute Gasteiger partial charge is 0.398 e. The maximum atomic E-state index is 6.22. The summed E-state index contributed by atoms with van der Waals surface area (Å²) in [5.41, 5.74) is 9.36. The summed E-state index contributed by atoms with van der Waals surface area (Å²) in [7, 11) is 0. The van der Waals surface area contributed by atoms with Gasteiger partial charge in [-0.1, -0.05) is 57.9 Å². The third-order valence-corrected chi connectivity index (χ3v) is 3.93. The Balaban J connectivity index is 2.34. The van der Waals surface area contributed by atoms with Crippen LogP contribution in [0.4, 0.5) is 5.69 Å².